The zero-order chi connectivity index (χ0) is 26.5. The number of hydrogen-bond donors (Lipinski definition) is 2. The van der Waals surface area contributed by atoms with E-state index in [0.717, 1.165) is 11.1 Å². The Hall–Kier alpha value is -3.33. The highest BCUT2D eigenvalue weighted by Crippen LogP contribution is 2.44. The standard InChI is InChI=1S/C29H31NO6S/c1-18(2)13-24(33)26-27(23-5-3-4-6-25(23)36-16-19(14-31)15-32)30(29(35)28(26)34)22-9-7-20(8-10-22)21-11-12-37-17-21/h3-12,17-19,26-27,31-32H,13-16H2,1-2H3. The molecule has 3 aromatic rings. The predicted octanol–water partition coefficient (Wildman–Crippen LogP) is 4.28. The first-order valence-corrected chi connectivity index (χ1v) is 13.3. The van der Waals surface area contributed by atoms with E-state index in [1.165, 1.54) is 4.90 Å². The first-order chi connectivity index (χ1) is 17.8. The van der Waals surface area contributed by atoms with E-state index < -0.39 is 29.6 Å². The van der Waals surface area contributed by atoms with Crippen molar-refractivity contribution in [3.63, 3.8) is 0 Å². The summed E-state index contributed by atoms with van der Waals surface area (Å²) in [5.41, 5.74) is 3.08. The van der Waals surface area contributed by atoms with Gasteiger partial charge >= 0.3 is 0 Å². The molecule has 4 rings (SSSR count). The molecule has 1 aliphatic rings. The van der Waals surface area contributed by atoms with Gasteiger partial charge < -0.3 is 14.9 Å². The second-order valence-corrected chi connectivity index (χ2v) is 10.4. The van der Waals surface area contributed by atoms with Gasteiger partial charge in [0.25, 0.3) is 5.91 Å². The number of aliphatic hydroxyl groups excluding tert-OH is 2. The van der Waals surface area contributed by atoms with E-state index in [1.807, 2.05) is 42.8 Å². The van der Waals surface area contributed by atoms with Crippen molar-refractivity contribution in [3.8, 4) is 16.9 Å². The number of hydrogen-bond acceptors (Lipinski definition) is 7. The molecule has 37 heavy (non-hydrogen) atoms. The van der Waals surface area contributed by atoms with Crippen molar-refractivity contribution >= 4 is 34.5 Å². The fraction of sp³-hybridized carbons (Fsp3) is 0.345. The van der Waals surface area contributed by atoms with Crippen molar-refractivity contribution < 1.29 is 29.3 Å². The number of anilines is 1. The third-order valence-corrected chi connectivity index (χ3v) is 7.17. The van der Waals surface area contributed by atoms with Crippen molar-refractivity contribution in [2.45, 2.75) is 26.3 Å². The van der Waals surface area contributed by atoms with Crippen LogP contribution in [-0.4, -0.2) is 47.5 Å². The Morgan fingerprint density at radius 1 is 1.00 bits per heavy atom. The topological polar surface area (TPSA) is 104 Å². The molecule has 1 fully saturated rings. The molecule has 8 heteroatoms. The molecule has 194 valence electrons. The second kappa shape index (κ2) is 11.8. The molecule has 7 nitrogen and oxygen atoms in total. The minimum atomic E-state index is -1.16. The van der Waals surface area contributed by atoms with Crippen LogP contribution in [0, 0.1) is 17.8 Å². The first kappa shape index (κ1) is 26.7. The van der Waals surface area contributed by atoms with Crippen molar-refractivity contribution in [1.82, 2.24) is 0 Å². The predicted molar refractivity (Wildman–Crippen MR) is 143 cm³/mol. The molecule has 2 heterocycles. The second-order valence-electron chi connectivity index (χ2n) is 9.67. The van der Waals surface area contributed by atoms with Crippen LogP contribution < -0.4 is 9.64 Å². The van der Waals surface area contributed by atoms with Crippen molar-refractivity contribution in [3.05, 3.63) is 70.9 Å². The Balaban J connectivity index is 1.77. The quantitative estimate of drug-likeness (QED) is 0.288. The number of benzene rings is 2. The van der Waals surface area contributed by atoms with Gasteiger partial charge in [0, 0.05) is 23.6 Å². The Kier molecular flexibility index (Phi) is 8.53. The molecule has 0 aliphatic carbocycles. The highest BCUT2D eigenvalue weighted by molar-refractivity contribution is 7.08. The van der Waals surface area contributed by atoms with Crippen molar-refractivity contribution in [2.75, 3.05) is 24.7 Å². The minimum Gasteiger partial charge on any atom is -0.493 e. The van der Waals surface area contributed by atoms with Crippen molar-refractivity contribution in [2.24, 2.45) is 17.8 Å². The number of ether oxygens (including phenoxy) is 1. The molecular weight excluding hydrogens is 490 g/mol. The number of para-hydroxylation sites is 1. The van der Waals surface area contributed by atoms with Crippen LogP contribution in [0.5, 0.6) is 5.75 Å². The summed E-state index contributed by atoms with van der Waals surface area (Å²) in [6.07, 6.45) is 0.172. The molecular formula is C29H31NO6S. The Bertz CT molecular complexity index is 1230. The molecule has 1 saturated heterocycles. The lowest BCUT2D eigenvalue weighted by molar-refractivity contribution is -0.139. The number of rotatable bonds is 11. The number of aliphatic hydroxyl groups is 2. The normalized spacial score (nSPS) is 17.7. The van der Waals surface area contributed by atoms with E-state index in [1.54, 1.807) is 47.7 Å². The van der Waals surface area contributed by atoms with Gasteiger partial charge in [-0.2, -0.15) is 11.3 Å². The highest BCUT2D eigenvalue weighted by atomic mass is 32.1. The lowest BCUT2D eigenvalue weighted by Crippen LogP contribution is -2.31. The number of carbonyl (C=O) groups is 3. The van der Waals surface area contributed by atoms with Crippen molar-refractivity contribution in [1.29, 1.82) is 0 Å². The SMILES string of the molecule is CC(C)CC(=O)C1C(=O)C(=O)N(c2ccc(-c3ccsc3)cc2)C1c1ccccc1OCC(CO)CO. The fourth-order valence-electron chi connectivity index (χ4n) is 4.59. The lowest BCUT2D eigenvalue weighted by atomic mass is 9.85. The van der Waals surface area contributed by atoms with E-state index in [9.17, 15) is 24.6 Å². The average molecular weight is 522 g/mol. The molecule has 1 aromatic heterocycles. The zero-order valence-electron chi connectivity index (χ0n) is 20.9. The summed E-state index contributed by atoms with van der Waals surface area (Å²) in [6, 6.07) is 15.5. The molecule has 2 aromatic carbocycles. The van der Waals surface area contributed by atoms with E-state index in [4.69, 9.17) is 4.74 Å². The van der Waals surface area contributed by atoms with E-state index in [2.05, 4.69) is 0 Å². The number of amides is 1. The summed E-state index contributed by atoms with van der Waals surface area (Å²) in [6.45, 7) is 3.33. The third-order valence-electron chi connectivity index (χ3n) is 6.49. The molecule has 1 amide bonds. The van der Waals surface area contributed by atoms with Gasteiger partial charge in [-0.1, -0.05) is 44.2 Å². The van der Waals surface area contributed by atoms with E-state index >= 15 is 0 Å². The van der Waals surface area contributed by atoms with E-state index in [-0.39, 0.29) is 37.9 Å². The maximum Gasteiger partial charge on any atom is 0.295 e. The van der Waals surface area contributed by atoms with Crippen LogP contribution in [0.4, 0.5) is 5.69 Å². The number of thiophene rings is 1. The van der Waals surface area contributed by atoms with Crippen LogP contribution in [0.15, 0.2) is 65.4 Å². The maximum atomic E-state index is 13.4. The molecule has 0 saturated carbocycles. The third kappa shape index (κ3) is 5.66. The summed E-state index contributed by atoms with van der Waals surface area (Å²) < 4.78 is 5.95. The molecule has 2 unspecified atom stereocenters. The average Bonchev–Trinajstić information content (AvgIpc) is 3.52. The van der Waals surface area contributed by atoms with Gasteiger partial charge in [-0.15, -0.1) is 0 Å². The molecule has 0 radical (unpaired) electrons. The number of carbonyl (C=O) groups excluding carboxylic acids is 3. The number of Topliss-reactive ketones (excluding diaryl/α,β-unsaturated/α-hetero) is 2. The molecule has 2 N–H and O–H groups in total. The van der Waals surface area contributed by atoms with Crippen LogP contribution in [0.2, 0.25) is 0 Å². The Morgan fingerprint density at radius 2 is 1.70 bits per heavy atom. The van der Waals surface area contributed by atoms with Gasteiger partial charge in [-0.25, -0.2) is 0 Å². The van der Waals surface area contributed by atoms with Crippen LogP contribution in [0.1, 0.15) is 31.9 Å². The summed E-state index contributed by atoms with van der Waals surface area (Å²) in [7, 11) is 0. The largest absolute Gasteiger partial charge is 0.493 e. The van der Waals surface area contributed by atoms with Crippen LogP contribution in [0.25, 0.3) is 11.1 Å². The molecule has 2 atom stereocenters. The van der Waals surface area contributed by atoms with Gasteiger partial charge in [0.1, 0.15) is 17.5 Å². The molecule has 0 bridgehead atoms. The van der Waals surface area contributed by atoms with Gasteiger partial charge in [0.15, 0.2) is 0 Å². The van der Waals surface area contributed by atoms with Gasteiger partial charge in [-0.05, 0) is 52.1 Å². The smallest absolute Gasteiger partial charge is 0.295 e. The summed E-state index contributed by atoms with van der Waals surface area (Å²) in [5, 5.41) is 22.9. The Morgan fingerprint density at radius 3 is 2.32 bits per heavy atom. The summed E-state index contributed by atoms with van der Waals surface area (Å²) in [4.78, 5) is 41.4. The van der Waals surface area contributed by atoms with Crippen LogP contribution >= 0.6 is 11.3 Å². The summed E-state index contributed by atoms with van der Waals surface area (Å²) >= 11 is 1.59. The highest BCUT2D eigenvalue weighted by Gasteiger charge is 2.52. The fourth-order valence-corrected chi connectivity index (χ4v) is 5.25. The summed E-state index contributed by atoms with van der Waals surface area (Å²) in [5.74, 6) is -2.97. The van der Waals surface area contributed by atoms with Crippen LogP contribution in [0.3, 0.4) is 0 Å². The molecule has 1 aliphatic heterocycles. The van der Waals surface area contributed by atoms with Gasteiger partial charge in [0.2, 0.25) is 5.78 Å². The monoisotopic (exact) mass is 521 g/mol. The maximum absolute atomic E-state index is 13.4. The number of ketones is 2. The zero-order valence-corrected chi connectivity index (χ0v) is 21.7. The number of nitrogens with zero attached hydrogens (tertiary/aromatic N) is 1. The lowest BCUT2D eigenvalue weighted by Gasteiger charge is -2.29. The molecule has 0 spiro atoms. The minimum absolute atomic E-state index is 0.0244. The van der Waals surface area contributed by atoms with Gasteiger partial charge in [0.05, 0.1) is 25.9 Å². The first-order valence-electron chi connectivity index (χ1n) is 12.3. The van der Waals surface area contributed by atoms with Gasteiger partial charge in [-0.3, -0.25) is 19.3 Å². The van der Waals surface area contributed by atoms with E-state index in [0.29, 0.717) is 17.0 Å². The van der Waals surface area contributed by atoms with Crippen LogP contribution in [-0.2, 0) is 14.4 Å². The Labute approximate surface area is 220 Å².